The number of rotatable bonds is 7. The lowest BCUT2D eigenvalue weighted by Gasteiger charge is -2.22. The van der Waals surface area contributed by atoms with Crippen LogP contribution in [0.5, 0.6) is 5.75 Å². The molecule has 0 unspecified atom stereocenters. The van der Waals surface area contributed by atoms with E-state index in [0.29, 0.717) is 24.3 Å². The first-order valence-corrected chi connectivity index (χ1v) is 8.39. The highest BCUT2D eigenvalue weighted by atomic mass is 16.7. The summed E-state index contributed by atoms with van der Waals surface area (Å²) in [5.74, 6) is 0.743. The highest BCUT2D eigenvalue weighted by molar-refractivity contribution is 6.08. The van der Waals surface area contributed by atoms with Crippen molar-refractivity contribution in [1.82, 2.24) is 0 Å². The van der Waals surface area contributed by atoms with Crippen molar-refractivity contribution in [2.75, 3.05) is 19.8 Å². The van der Waals surface area contributed by atoms with Crippen molar-refractivity contribution in [3.05, 3.63) is 65.7 Å². The first-order chi connectivity index (χ1) is 11.8. The Bertz CT molecular complexity index is 630. The van der Waals surface area contributed by atoms with Crippen molar-refractivity contribution in [2.45, 2.75) is 25.6 Å². The zero-order valence-electron chi connectivity index (χ0n) is 13.6. The number of ether oxygens (including phenoxy) is 3. The van der Waals surface area contributed by atoms with Crippen molar-refractivity contribution in [2.24, 2.45) is 0 Å². The molecule has 2 aromatic carbocycles. The van der Waals surface area contributed by atoms with E-state index in [4.69, 9.17) is 14.2 Å². The Morgan fingerprint density at radius 3 is 2.42 bits per heavy atom. The minimum atomic E-state index is -0.0896. The van der Waals surface area contributed by atoms with E-state index in [1.54, 1.807) is 12.1 Å². The molecule has 1 heterocycles. The molecule has 0 saturated carbocycles. The molecular formula is C20H22O4. The lowest BCUT2D eigenvalue weighted by atomic mass is 10.0. The number of hydrogen-bond donors (Lipinski definition) is 0. The summed E-state index contributed by atoms with van der Waals surface area (Å²) >= 11 is 0. The molecule has 0 amide bonds. The number of carbonyl (C=O) groups excluding carboxylic acids is 1. The van der Waals surface area contributed by atoms with Crippen LogP contribution in [0, 0.1) is 0 Å². The highest BCUT2D eigenvalue weighted by Gasteiger charge is 2.13. The molecule has 1 atom stereocenters. The van der Waals surface area contributed by atoms with E-state index in [-0.39, 0.29) is 12.1 Å². The third-order valence-corrected chi connectivity index (χ3v) is 3.95. The summed E-state index contributed by atoms with van der Waals surface area (Å²) in [5, 5.41) is 0. The van der Waals surface area contributed by atoms with Crippen molar-refractivity contribution in [3.63, 3.8) is 0 Å². The Hall–Kier alpha value is -2.17. The van der Waals surface area contributed by atoms with Crippen molar-refractivity contribution < 1.29 is 19.0 Å². The van der Waals surface area contributed by atoms with Gasteiger partial charge in [-0.3, -0.25) is 4.79 Å². The standard InChI is InChI=1S/C20H22O4/c21-20(16-6-2-1-3-7-16)17-9-11-18(12-10-17)22-14-15-24-19-8-4-5-13-23-19/h1-3,6-7,9-12,19H,4-5,8,13-15H2/t19-/m0/s1. The third kappa shape index (κ3) is 4.66. The predicted octanol–water partition coefficient (Wildman–Crippen LogP) is 3.84. The maximum Gasteiger partial charge on any atom is 0.193 e. The first-order valence-electron chi connectivity index (χ1n) is 8.39. The lowest BCUT2D eigenvalue weighted by Crippen LogP contribution is -2.24. The summed E-state index contributed by atoms with van der Waals surface area (Å²) in [4.78, 5) is 12.3. The largest absolute Gasteiger partial charge is 0.491 e. The van der Waals surface area contributed by atoms with Gasteiger partial charge in [0, 0.05) is 17.7 Å². The number of hydrogen-bond acceptors (Lipinski definition) is 4. The summed E-state index contributed by atoms with van der Waals surface area (Å²) in [6.45, 7) is 1.74. The molecule has 0 N–H and O–H groups in total. The van der Waals surface area contributed by atoms with Gasteiger partial charge in [-0.25, -0.2) is 0 Å². The quantitative estimate of drug-likeness (QED) is 0.573. The summed E-state index contributed by atoms with van der Waals surface area (Å²) in [6, 6.07) is 16.5. The molecule has 3 rings (SSSR count). The Morgan fingerprint density at radius 1 is 0.958 bits per heavy atom. The number of ketones is 1. The zero-order chi connectivity index (χ0) is 16.6. The molecular weight excluding hydrogens is 304 g/mol. The molecule has 24 heavy (non-hydrogen) atoms. The van der Waals surface area contributed by atoms with Crippen LogP contribution in [-0.2, 0) is 9.47 Å². The van der Waals surface area contributed by atoms with Gasteiger partial charge in [0.05, 0.1) is 6.61 Å². The van der Waals surface area contributed by atoms with Crippen LogP contribution in [0.3, 0.4) is 0 Å². The summed E-state index contributed by atoms with van der Waals surface area (Å²) in [6.07, 6.45) is 3.14. The van der Waals surface area contributed by atoms with Gasteiger partial charge in [-0.05, 0) is 43.5 Å². The average Bonchev–Trinajstić information content (AvgIpc) is 2.67. The van der Waals surface area contributed by atoms with E-state index < -0.39 is 0 Å². The summed E-state index contributed by atoms with van der Waals surface area (Å²) < 4.78 is 16.8. The molecule has 4 heteroatoms. The Morgan fingerprint density at radius 2 is 1.71 bits per heavy atom. The smallest absolute Gasteiger partial charge is 0.193 e. The van der Waals surface area contributed by atoms with Crippen LogP contribution in [0.1, 0.15) is 35.2 Å². The van der Waals surface area contributed by atoms with Crippen LogP contribution < -0.4 is 4.74 Å². The maximum atomic E-state index is 12.3. The van der Waals surface area contributed by atoms with Crippen LogP contribution in [0.15, 0.2) is 54.6 Å². The molecule has 0 aromatic heterocycles. The van der Waals surface area contributed by atoms with Gasteiger partial charge in [-0.2, -0.15) is 0 Å². The molecule has 4 nitrogen and oxygen atoms in total. The van der Waals surface area contributed by atoms with Gasteiger partial charge >= 0.3 is 0 Å². The maximum absolute atomic E-state index is 12.3. The molecule has 1 aliphatic rings. The Balaban J connectivity index is 1.45. The second-order valence-corrected chi connectivity index (χ2v) is 5.73. The fourth-order valence-electron chi connectivity index (χ4n) is 2.64. The van der Waals surface area contributed by atoms with Crippen molar-refractivity contribution in [1.29, 1.82) is 0 Å². The van der Waals surface area contributed by atoms with Gasteiger partial charge in [0.2, 0.25) is 0 Å². The normalized spacial score (nSPS) is 17.4. The third-order valence-electron chi connectivity index (χ3n) is 3.95. The summed E-state index contributed by atoms with van der Waals surface area (Å²) in [7, 11) is 0. The van der Waals surface area contributed by atoms with Crippen LogP contribution >= 0.6 is 0 Å². The fraction of sp³-hybridized carbons (Fsp3) is 0.350. The van der Waals surface area contributed by atoms with Gasteiger partial charge in [0.15, 0.2) is 12.1 Å². The SMILES string of the molecule is O=C(c1ccccc1)c1ccc(OCCO[C@H]2CCCCO2)cc1. The van der Waals surface area contributed by atoms with E-state index in [2.05, 4.69) is 0 Å². The number of benzene rings is 2. The van der Waals surface area contributed by atoms with Crippen molar-refractivity contribution in [3.8, 4) is 5.75 Å². The van der Waals surface area contributed by atoms with E-state index >= 15 is 0 Å². The van der Waals surface area contributed by atoms with Gasteiger partial charge < -0.3 is 14.2 Å². The second kappa shape index (κ2) is 8.62. The van der Waals surface area contributed by atoms with Gasteiger partial charge in [-0.1, -0.05) is 30.3 Å². The van der Waals surface area contributed by atoms with E-state index in [0.717, 1.165) is 31.6 Å². The number of carbonyl (C=O) groups is 1. The molecule has 0 aliphatic carbocycles. The average molecular weight is 326 g/mol. The van der Waals surface area contributed by atoms with E-state index in [1.807, 2.05) is 42.5 Å². The van der Waals surface area contributed by atoms with Crippen LogP contribution in [0.2, 0.25) is 0 Å². The molecule has 126 valence electrons. The predicted molar refractivity (Wildman–Crippen MR) is 91.4 cm³/mol. The topological polar surface area (TPSA) is 44.8 Å². The molecule has 0 spiro atoms. The monoisotopic (exact) mass is 326 g/mol. The minimum absolute atomic E-state index is 0.0138. The molecule has 1 saturated heterocycles. The molecule has 1 fully saturated rings. The van der Waals surface area contributed by atoms with Gasteiger partial charge in [0.25, 0.3) is 0 Å². The zero-order valence-corrected chi connectivity index (χ0v) is 13.6. The first kappa shape index (κ1) is 16.7. The molecule has 0 radical (unpaired) electrons. The van der Waals surface area contributed by atoms with E-state index in [9.17, 15) is 4.79 Å². The molecule has 0 bridgehead atoms. The van der Waals surface area contributed by atoms with Gasteiger partial charge in [0.1, 0.15) is 12.4 Å². The highest BCUT2D eigenvalue weighted by Crippen LogP contribution is 2.16. The molecule has 1 aliphatic heterocycles. The van der Waals surface area contributed by atoms with Crippen LogP contribution in [0.4, 0.5) is 0 Å². The minimum Gasteiger partial charge on any atom is -0.491 e. The Kier molecular flexibility index (Phi) is 5.99. The van der Waals surface area contributed by atoms with Crippen LogP contribution in [-0.4, -0.2) is 31.9 Å². The summed E-state index contributed by atoms with van der Waals surface area (Å²) in [5.41, 5.74) is 1.34. The van der Waals surface area contributed by atoms with E-state index in [1.165, 1.54) is 0 Å². The second-order valence-electron chi connectivity index (χ2n) is 5.73. The van der Waals surface area contributed by atoms with Crippen molar-refractivity contribution >= 4 is 5.78 Å². The van der Waals surface area contributed by atoms with Gasteiger partial charge in [-0.15, -0.1) is 0 Å². The van der Waals surface area contributed by atoms with Crippen LogP contribution in [0.25, 0.3) is 0 Å². The Labute approximate surface area is 142 Å². The fourth-order valence-corrected chi connectivity index (χ4v) is 2.64. The lowest BCUT2D eigenvalue weighted by molar-refractivity contribution is -0.165. The molecule has 2 aromatic rings.